The molecular formula is C21H22BF4N2O2-. The number of piperidine rings is 2. The van der Waals surface area contributed by atoms with Crippen molar-refractivity contribution in [1.82, 2.24) is 4.90 Å². The molecule has 0 unspecified atom stereocenters. The van der Waals surface area contributed by atoms with Crippen LogP contribution in [0, 0.1) is 11.8 Å². The number of carbonyl (C=O) groups excluding carboxylic acids is 1. The van der Waals surface area contributed by atoms with Crippen molar-refractivity contribution in [3.63, 3.8) is 0 Å². The Hall–Kier alpha value is -1.87. The van der Waals surface area contributed by atoms with Crippen LogP contribution in [0.2, 0.25) is 0 Å². The van der Waals surface area contributed by atoms with E-state index in [-0.39, 0.29) is 17.4 Å². The van der Waals surface area contributed by atoms with Gasteiger partial charge in [0.15, 0.2) is 0 Å². The van der Waals surface area contributed by atoms with Crippen LogP contribution in [0.15, 0.2) is 35.9 Å². The van der Waals surface area contributed by atoms with Gasteiger partial charge in [-0.3, -0.25) is 9.69 Å². The number of fused-ring (bicyclic) bond motifs is 2. The van der Waals surface area contributed by atoms with E-state index in [1.165, 1.54) is 30.6 Å². The van der Waals surface area contributed by atoms with Gasteiger partial charge in [0.1, 0.15) is 0 Å². The van der Waals surface area contributed by atoms with Gasteiger partial charge in [0.05, 0.1) is 25.2 Å². The highest BCUT2D eigenvalue weighted by atomic mass is 19.5. The first-order chi connectivity index (χ1) is 14.3. The fourth-order valence-electron chi connectivity index (χ4n) is 7.51. The van der Waals surface area contributed by atoms with Gasteiger partial charge in [-0.1, -0.05) is 29.8 Å². The van der Waals surface area contributed by atoms with E-state index < -0.39 is 7.25 Å². The Bertz CT molecular complexity index is 947. The molecule has 5 heterocycles. The normalized spacial score (nSPS) is 40.3. The molecule has 1 saturated carbocycles. The molecule has 4 fully saturated rings. The van der Waals surface area contributed by atoms with E-state index in [0.29, 0.717) is 36.9 Å². The molecule has 160 valence electrons. The molecule has 5 aliphatic heterocycles. The summed E-state index contributed by atoms with van der Waals surface area (Å²) < 4.78 is 45.2. The van der Waals surface area contributed by atoms with Crippen LogP contribution in [-0.4, -0.2) is 55.9 Å². The number of hydrogen-bond donors (Lipinski definition) is 0. The molecule has 0 aromatic heterocycles. The average Bonchev–Trinajstić information content (AvgIpc) is 3.15. The zero-order chi connectivity index (χ0) is 20.8. The van der Waals surface area contributed by atoms with Crippen molar-refractivity contribution in [3.05, 3.63) is 41.5 Å². The minimum Gasteiger partial charge on any atom is -0.418 e. The number of anilines is 1. The van der Waals surface area contributed by atoms with Gasteiger partial charge in [-0.05, 0) is 36.9 Å². The number of para-hydroxylation sites is 1. The molecule has 4 nitrogen and oxygen atoms in total. The van der Waals surface area contributed by atoms with Crippen molar-refractivity contribution in [2.75, 3.05) is 24.6 Å². The molecule has 30 heavy (non-hydrogen) atoms. The Balaban J connectivity index is 0.000000318. The standard InChI is InChI=1S/C21H22N2O2.BF4/c24-18-10-16-19-13-9-17-21(6-7-22(17)11-12(13)5-8-25-16)14-3-1-2-4-15(14)23(18)20(19)21;2-1(3,4)5/h1-5,13,16-17,19-20H,6-11H2;/q;-1/t13-,16-,17-,19-,20-,21+;/m0./s1. The third kappa shape index (κ3) is 2.39. The van der Waals surface area contributed by atoms with Crippen LogP contribution in [0.3, 0.4) is 0 Å². The predicted octanol–water partition coefficient (Wildman–Crippen LogP) is 3.39. The fraction of sp³-hybridized carbons (Fsp3) is 0.571. The van der Waals surface area contributed by atoms with Crippen molar-refractivity contribution in [1.29, 1.82) is 0 Å². The monoisotopic (exact) mass is 421 g/mol. The summed E-state index contributed by atoms with van der Waals surface area (Å²) >= 11 is 0. The van der Waals surface area contributed by atoms with Crippen molar-refractivity contribution >= 4 is 18.8 Å². The molecule has 9 heteroatoms. The van der Waals surface area contributed by atoms with E-state index in [1.807, 2.05) is 0 Å². The lowest BCUT2D eigenvalue weighted by molar-refractivity contribution is -0.132. The Labute approximate surface area is 171 Å². The van der Waals surface area contributed by atoms with Crippen LogP contribution in [0.4, 0.5) is 23.0 Å². The molecule has 6 aliphatic rings. The average molecular weight is 421 g/mol. The van der Waals surface area contributed by atoms with Gasteiger partial charge in [0.25, 0.3) is 0 Å². The van der Waals surface area contributed by atoms with Gasteiger partial charge in [0.2, 0.25) is 5.91 Å². The first kappa shape index (κ1) is 18.9. The maximum absolute atomic E-state index is 13.2. The molecular weight excluding hydrogens is 399 g/mol. The van der Waals surface area contributed by atoms with E-state index in [9.17, 15) is 22.1 Å². The summed E-state index contributed by atoms with van der Waals surface area (Å²) in [5, 5.41) is 0. The minimum atomic E-state index is -6.00. The number of rotatable bonds is 0. The molecule has 1 spiro atoms. The van der Waals surface area contributed by atoms with E-state index in [4.69, 9.17) is 4.74 Å². The van der Waals surface area contributed by atoms with Crippen LogP contribution < -0.4 is 4.90 Å². The molecule has 0 radical (unpaired) electrons. The molecule has 1 amide bonds. The molecule has 2 bridgehead atoms. The molecule has 6 atom stereocenters. The number of ether oxygens (including phenoxy) is 1. The van der Waals surface area contributed by atoms with Crippen LogP contribution in [0.5, 0.6) is 0 Å². The van der Waals surface area contributed by atoms with Gasteiger partial charge in [-0.15, -0.1) is 0 Å². The predicted molar refractivity (Wildman–Crippen MR) is 104 cm³/mol. The van der Waals surface area contributed by atoms with E-state index >= 15 is 0 Å². The molecule has 1 aromatic carbocycles. The summed E-state index contributed by atoms with van der Waals surface area (Å²) in [7, 11) is -6.00. The minimum absolute atomic E-state index is 0.104. The van der Waals surface area contributed by atoms with Gasteiger partial charge >= 0.3 is 7.25 Å². The lowest BCUT2D eigenvalue weighted by Gasteiger charge is -2.58. The third-order valence-corrected chi connectivity index (χ3v) is 8.22. The second-order valence-corrected chi connectivity index (χ2v) is 9.27. The molecule has 7 rings (SSSR count). The maximum atomic E-state index is 13.2. The summed E-state index contributed by atoms with van der Waals surface area (Å²) in [6, 6.07) is 9.64. The maximum Gasteiger partial charge on any atom is 0.673 e. The molecule has 3 saturated heterocycles. The number of halogens is 4. The van der Waals surface area contributed by atoms with Gasteiger partial charge < -0.3 is 26.9 Å². The van der Waals surface area contributed by atoms with Gasteiger partial charge in [0, 0.05) is 29.6 Å². The topological polar surface area (TPSA) is 32.8 Å². The highest BCUT2D eigenvalue weighted by Crippen LogP contribution is 2.65. The Morgan fingerprint density at radius 2 is 1.93 bits per heavy atom. The van der Waals surface area contributed by atoms with E-state index in [0.717, 1.165) is 6.54 Å². The first-order valence-electron chi connectivity index (χ1n) is 10.6. The fourth-order valence-corrected chi connectivity index (χ4v) is 7.51. The molecule has 1 aliphatic carbocycles. The summed E-state index contributed by atoms with van der Waals surface area (Å²) in [5.74, 6) is 1.35. The lowest BCUT2D eigenvalue weighted by Crippen LogP contribution is -2.69. The largest absolute Gasteiger partial charge is 0.673 e. The van der Waals surface area contributed by atoms with Crippen LogP contribution in [0.25, 0.3) is 0 Å². The van der Waals surface area contributed by atoms with Crippen LogP contribution in [-0.2, 0) is 14.9 Å². The Morgan fingerprint density at radius 3 is 2.73 bits per heavy atom. The van der Waals surface area contributed by atoms with Gasteiger partial charge in [-0.25, -0.2) is 0 Å². The zero-order valence-electron chi connectivity index (χ0n) is 16.3. The zero-order valence-corrected chi connectivity index (χ0v) is 16.3. The second-order valence-electron chi connectivity index (χ2n) is 9.27. The highest BCUT2D eigenvalue weighted by Gasteiger charge is 2.70. The number of hydrogen-bond acceptors (Lipinski definition) is 3. The van der Waals surface area contributed by atoms with Crippen molar-refractivity contribution in [2.45, 2.75) is 42.9 Å². The Kier molecular flexibility index (Phi) is 3.83. The quantitative estimate of drug-likeness (QED) is 0.366. The van der Waals surface area contributed by atoms with Crippen molar-refractivity contribution in [3.8, 4) is 0 Å². The van der Waals surface area contributed by atoms with Crippen molar-refractivity contribution < 1.29 is 26.8 Å². The van der Waals surface area contributed by atoms with Crippen molar-refractivity contribution in [2.24, 2.45) is 11.8 Å². The van der Waals surface area contributed by atoms with Gasteiger partial charge in [-0.2, -0.15) is 0 Å². The van der Waals surface area contributed by atoms with E-state index in [1.54, 1.807) is 5.57 Å². The number of carbonyl (C=O) groups is 1. The summed E-state index contributed by atoms with van der Waals surface area (Å²) in [6.07, 6.45) is 5.43. The van der Waals surface area contributed by atoms with Crippen LogP contribution in [0.1, 0.15) is 24.8 Å². The Morgan fingerprint density at radius 1 is 1.17 bits per heavy atom. The SMILES string of the molecule is F[B-](F)(F)F.O=C1C[C@@H]2OCC=C3CN4CC[C@]56c7ccccc7N1[C@H]5[C@H]2[C@H]3C[C@H]46. The third-order valence-electron chi connectivity index (χ3n) is 8.22. The summed E-state index contributed by atoms with van der Waals surface area (Å²) in [4.78, 5) is 18.1. The number of amides is 1. The highest BCUT2D eigenvalue weighted by molar-refractivity contribution is 6.50. The second kappa shape index (κ2) is 6.10. The summed E-state index contributed by atoms with van der Waals surface area (Å²) in [5.41, 5.74) is 4.35. The molecule has 0 N–H and O–H groups in total. The van der Waals surface area contributed by atoms with E-state index in [2.05, 4.69) is 40.1 Å². The number of nitrogens with zero attached hydrogens (tertiary/aromatic N) is 2. The van der Waals surface area contributed by atoms with Crippen LogP contribution >= 0.6 is 0 Å². The molecule has 1 aromatic rings. The summed E-state index contributed by atoms with van der Waals surface area (Å²) in [6.45, 7) is 2.97. The lowest BCUT2D eigenvalue weighted by atomic mass is 9.53. The first-order valence-corrected chi connectivity index (χ1v) is 10.6. The smallest absolute Gasteiger partial charge is 0.418 e. The number of benzene rings is 1.